The van der Waals surface area contributed by atoms with Crippen LogP contribution in [0.15, 0.2) is 72.4 Å². The van der Waals surface area contributed by atoms with E-state index in [0.717, 1.165) is 17.0 Å². The minimum atomic E-state index is -0.0405. The number of amides is 1. The highest BCUT2D eigenvalue weighted by molar-refractivity contribution is 7.99. The number of hydrogen-bond acceptors (Lipinski definition) is 4. The highest BCUT2D eigenvalue weighted by Gasteiger charge is 2.14. The van der Waals surface area contributed by atoms with Crippen molar-refractivity contribution in [2.45, 2.75) is 24.7 Å². The van der Waals surface area contributed by atoms with E-state index in [9.17, 15) is 4.79 Å². The first kappa shape index (κ1) is 20.2. The molecule has 1 amide bonds. The van der Waals surface area contributed by atoms with Crippen molar-refractivity contribution in [1.82, 2.24) is 20.1 Å². The van der Waals surface area contributed by atoms with Gasteiger partial charge in [0.2, 0.25) is 5.91 Å². The van der Waals surface area contributed by atoms with E-state index in [4.69, 9.17) is 11.6 Å². The van der Waals surface area contributed by atoms with Crippen LogP contribution in [-0.2, 0) is 24.3 Å². The van der Waals surface area contributed by atoms with Gasteiger partial charge >= 0.3 is 0 Å². The third-order valence-electron chi connectivity index (χ3n) is 4.05. The first-order valence-electron chi connectivity index (χ1n) is 8.86. The summed E-state index contributed by atoms with van der Waals surface area (Å²) >= 11 is 7.32. The third kappa shape index (κ3) is 5.71. The van der Waals surface area contributed by atoms with Gasteiger partial charge in [0.25, 0.3) is 0 Å². The van der Waals surface area contributed by atoms with Crippen LogP contribution >= 0.6 is 23.4 Å². The normalized spacial score (nSPS) is 10.6. The summed E-state index contributed by atoms with van der Waals surface area (Å²) in [5.41, 5.74) is 2.17. The molecule has 3 aromatic rings. The molecule has 3 rings (SSSR count). The number of allylic oxidation sites excluding steroid dienone is 1. The molecule has 144 valence electrons. The molecule has 0 saturated carbocycles. The Morgan fingerprint density at radius 2 is 1.86 bits per heavy atom. The lowest BCUT2D eigenvalue weighted by Gasteiger charge is -2.08. The molecule has 0 aliphatic rings. The van der Waals surface area contributed by atoms with Gasteiger partial charge in [-0.2, -0.15) is 0 Å². The van der Waals surface area contributed by atoms with E-state index < -0.39 is 0 Å². The lowest BCUT2D eigenvalue weighted by atomic mass is 10.1. The average Bonchev–Trinajstić information content (AvgIpc) is 3.09. The van der Waals surface area contributed by atoms with Crippen molar-refractivity contribution in [1.29, 1.82) is 0 Å². The van der Waals surface area contributed by atoms with Crippen molar-refractivity contribution in [3.8, 4) is 0 Å². The summed E-state index contributed by atoms with van der Waals surface area (Å²) < 4.78 is 1.98. The quantitative estimate of drug-likeness (QED) is 0.424. The van der Waals surface area contributed by atoms with Crippen LogP contribution in [-0.4, -0.2) is 26.4 Å². The smallest absolute Gasteiger partial charge is 0.230 e. The van der Waals surface area contributed by atoms with Crippen LogP contribution < -0.4 is 5.32 Å². The number of hydrogen-bond donors (Lipinski definition) is 1. The Morgan fingerprint density at radius 1 is 1.11 bits per heavy atom. The van der Waals surface area contributed by atoms with Gasteiger partial charge in [-0.3, -0.25) is 4.79 Å². The van der Waals surface area contributed by atoms with Gasteiger partial charge in [0, 0.05) is 24.5 Å². The van der Waals surface area contributed by atoms with E-state index in [-0.39, 0.29) is 11.7 Å². The lowest BCUT2D eigenvalue weighted by Crippen LogP contribution is -2.24. The van der Waals surface area contributed by atoms with Crippen molar-refractivity contribution in [2.24, 2.45) is 0 Å². The van der Waals surface area contributed by atoms with Crippen LogP contribution in [0.4, 0.5) is 0 Å². The molecule has 0 saturated heterocycles. The molecule has 0 aliphatic heterocycles. The Kier molecular flexibility index (Phi) is 7.28. The first-order chi connectivity index (χ1) is 13.7. The van der Waals surface area contributed by atoms with E-state index in [1.54, 1.807) is 6.08 Å². The summed E-state index contributed by atoms with van der Waals surface area (Å²) in [7, 11) is 0. The number of halogens is 1. The minimum Gasteiger partial charge on any atom is -0.351 e. The molecular weight excluding hydrogens is 392 g/mol. The molecule has 0 aliphatic carbocycles. The Hall–Kier alpha value is -2.57. The highest BCUT2D eigenvalue weighted by atomic mass is 35.5. The molecule has 1 heterocycles. The number of aromatic nitrogens is 3. The second-order valence-corrected chi connectivity index (χ2v) is 7.53. The molecule has 0 fully saturated rings. The van der Waals surface area contributed by atoms with Crippen molar-refractivity contribution < 1.29 is 4.79 Å². The standard InChI is InChI=1S/C21H21ClN4OS/c1-2-12-26-19(13-16-8-10-18(22)11-9-16)24-25-21(26)28-15-20(27)23-14-17-6-4-3-5-7-17/h2-11H,1,12-15H2,(H,23,27). The van der Waals surface area contributed by atoms with E-state index in [0.29, 0.717) is 29.7 Å². The Labute approximate surface area is 173 Å². The summed E-state index contributed by atoms with van der Waals surface area (Å²) in [4.78, 5) is 12.2. The van der Waals surface area contributed by atoms with Gasteiger partial charge in [-0.25, -0.2) is 0 Å². The molecular formula is C21H21ClN4OS. The van der Waals surface area contributed by atoms with Gasteiger partial charge in [0.15, 0.2) is 5.16 Å². The van der Waals surface area contributed by atoms with Crippen molar-refractivity contribution >= 4 is 29.3 Å². The third-order valence-corrected chi connectivity index (χ3v) is 5.26. The van der Waals surface area contributed by atoms with Crippen molar-refractivity contribution in [3.05, 3.63) is 89.2 Å². The average molecular weight is 413 g/mol. The number of thioether (sulfide) groups is 1. The Morgan fingerprint density at radius 3 is 2.57 bits per heavy atom. The van der Waals surface area contributed by atoms with E-state index in [1.807, 2.05) is 59.2 Å². The molecule has 0 unspecified atom stereocenters. The summed E-state index contributed by atoms with van der Waals surface area (Å²) in [6, 6.07) is 17.5. The molecule has 1 N–H and O–H groups in total. The van der Waals surface area contributed by atoms with Crippen LogP contribution in [0.25, 0.3) is 0 Å². The van der Waals surface area contributed by atoms with E-state index in [2.05, 4.69) is 22.1 Å². The zero-order valence-corrected chi connectivity index (χ0v) is 16.9. The Balaban J connectivity index is 1.60. The van der Waals surface area contributed by atoms with E-state index >= 15 is 0 Å². The summed E-state index contributed by atoms with van der Waals surface area (Å²) in [5.74, 6) is 1.07. The number of nitrogens with zero attached hydrogens (tertiary/aromatic N) is 3. The van der Waals surface area contributed by atoms with Gasteiger partial charge in [0.1, 0.15) is 5.82 Å². The van der Waals surface area contributed by atoms with Crippen LogP contribution in [0.2, 0.25) is 5.02 Å². The maximum atomic E-state index is 12.2. The van der Waals surface area contributed by atoms with Gasteiger partial charge in [-0.1, -0.05) is 71.9 Å². The van der Waals surface area contributed by atoms with Crippen molar-refractivity contribution in [3.63, 3.8) is 0 Å². The van der Waals surface area contributed by atoms with Crippen LogP contribution in [0.3, 0.4) is 0 Å². The van der Waals surface area contributed by atoms with Gasteiger partial charge < -0.3 is 9.88 Å². The second kappa shape index (κ2) is 10.1. The van der Waals surface area contributed by atoms with Gasteiger partial charge in [-0.05, 0) is 23.3 Å². The van der Waals surface area contributed by atoms with Crippen LogP contribution in [0.5, 0.6) is 0 Å². The van der Waals surface area contributed by atoms with Crippen LogP contribution in [0.1, 0.15) is 17.0 Å². The molecule has 7 heteroatoms. The number of benzene rings is 2. The zero-order valence-electron chi connectivity index (χ0n) is 15.3. The summed E-state index contributed by atoms with van der Waals surface area (Å²) in [6.45, 7) is 4.91. The maximum absolute atomic E-state index is 12.2. The predicted octanol–water partition coefficient (Wildman–Crippen LogP) is 4.12. The van der Waals surface area contributed by atoms with Gasteiger partial charge in [-0.15, -0.1) is 16.8 Å². The molecule has 0 bridgehead atoms. The lowest BCUT2D eigenvalue weighted by molar-refractivity contribution is -0.118. The molecule has 0 spiro atoms. The molecule has 0 atom stereocenters. The zero-order chi connectivity index (χ0) is 19.8. The predicted molar refractivity (Wildman–Crippen MR) is 113 cm³/mol. The first-order valence-corrected chi connectivity index (χ1v) is 10.2. The highest BCUT2D eigenvalue weighted by Crippen LogP contribution is 2.19. The second-order valence-electron chi connectivity index (χ2n) is 6.15. The monoisotopic (exact) mass is 412 g/mol. The number of carbonyl (C=O) groups excluding carboxylic acids is 1. The Bertz CT molecular complexity index is 925. The maximum Gasteiger partial charge on any atom is 0.230 e. The fourth-order valence-electron chi connectivity index (χ4n) is 2.63. The molecule has 5 nitrogen and oxygen atoms in total. The van der Waals surface area contributed by atoms with E-state index in [1.165, 1.54) is 11.8 Å². The number of carbonyl (C=O) groups is 1. The molecule has 0 radical (unpaired) electrons. The SMILES string of the molecule is C=CCn1c(Cc2ccc(Cl)cc2)nnc1SCC(=O)NCc1ccccc1. The number of rotatable bonds is 9. The number of nitrogens with one attached hydrogen (secondary N) is 1. The summed E-state index contributed by atoms with van der Waals surface area (Å²) in [6.07, 6.45) is 2.44. The molecule has 28 heavy (non-hydrogen) atoms. The minimum absolute atomic E-state index is 0.0405. The fraction of sp³-hybridized carbons (Fsp3) is 0.190. The van der Waals surface area contributed by atoms with Crippen LogP contribution in [0, 0.1) is 0 Å². The largest absolute Gasteiger partial charge is 0.351 e. The van der Waals surface area contributed by atoms with Gasteiger partial charge in [0.05, 0.1) is 5.75 Å². The molecule has 2 aromatic carbocycles. The molecule has 1 aromatic heterocycles. The topological polar surface area (TPSA) is 59.8 Å². The van der Waals surface area contributed by atoms with Crippen molar-refractivity contribution in [2.75, 3.05) is 5.75 Å². The summed E-state index contributed by atoms with van der Waals surface area (Å²) in [5, 5.41) is 12.9. The fourth-order valence-corrected chi connectivity index (χ4v) is 3.55.